The molecule has 0 bridgehead atoms. The van der Waals surface area contributed by atoms with E-state index in [0.717, 1.165) is 19.3 Å². The first-order valence-corrected chi connectivity index (χ1v) is 5.67. The minimum atomic E-state index is -0.446. The van der Waals surface area contributed by atoms with Gasteiger partial charge in [0.15, 0.2) is 0 Å². The maximum atomic E-state index is 10.5. The molecule has 1 heterocycles. The summed E-state index contributed by atoms with van der Waals surface area (Å²) in [6.07, 6.45) is 9.57. The zero-order valence-electron chi connectivity index (χ0n) is 8.09. The van der Waals surface area contributed by atoms with Crippen LogP contribution in [0.1, 0.15) is 51.4 Å². The monoisotopic (exact) mass is 182 g/mol. The van der Waals surface area contributed by atoms with E-state index in [9.17, 15) is 5.11 Å². The third-order valence-electron chi connectivity index (χ3n) is 4.30. The second kappa shape index (κ2) is 2.48. The first-order valence-electron chi connectivity index (χ1n) is 5.67. The van der Waals surface area contributed by atoms with E-state index in [-0.39, 0.29) is 5.60 Å². The van der Waals surface area contributed by atoms with Crippen LogP contribution in [0, 0.1) is 0 Å². The second-order valence-corrected chi connectivity index (χ2v) is 4.98. The predicted molar refractivity (Wildman–Crippen MR) is 49.5 cm³/mol. The first-order chi connectivity index (χ1) is 6.27. The molecule has 13 heavy (non-hydrogen) atoms. The summed E-state index contributed by atoms with van der Waals surface area (Å²) in [5.41, 5.74) is -0.528. The van der Waals surface area contributed by atoms with Crippen molar-refractivity contribution in [1.82, 2.24) is 0 Å². The first kappa shape index (κ1) is 8.25. The van der Waals surface area contributed by atoms with Crippen LogP contribution < -0.4 is 0 Å². The number of aliphatic hydroxyl groups is 1. The topological polar surface area (TPSA) is 32.8 Å². The van der Waals surface area contributed by atoms with E-state index in [1.807, 2.05) is 0 Å². The van der Waals surface area contributed by atoms with Crippen LogP contribution in [0.5, 0.6) is 0 Å². The number of ether oxygens (including phenoxy) is 1. The highest BCUT2D eigenvalue weighted by molar-refractivity contribution is 5.18. The van der Waals surface area contributed by atoms with Gasteiger partial charge >= 0.3 is 0 Å². The average Bonchev–Trinajstić information content (AvgIpc) is 2.76. The number of epoxide rings is 1. The molecule has 2 atom stereocenters. The fraction of sp³-hybridized carbons (Fsp3) is 1.00. The molecule has 0 unspecified atom stereocenters. The molecule has 74 valence electrons. The molecular formula is C11H18O2. The van der Waals surface area contributed by atoms with E-state index in [1.54, 1.807) is 0 Å². The van der Waals surface area contributed by atoms with E-state index in [1.165, 1.54) is 32.1 Å². The van der Waals surface area contributed by atoms with Gasteiger partial charge < -0.3 is 9.84 Å². The average molecular weight is 182 g/mol. The molecule has 0 amide bonds. The third-order valence-corrected chi connectivity index (χ3v) is 4.30. The summed E-state index contributed by atoms with van der Waals surface area (Å²) in [6, 6.07) is 0. The zero-order chi connectivity index (χ0) is 8.94. The van der Waals surface area contributed by atoms with Crippen molar-refractivity contribution < 1.29 is 9.84 Å². The summed E-state index contributed by atoms with van der Waals surface area (Å²) < 4.78 is 5.80. The summed E-state index contributed by atoms with van der Waals surface area (Å²) in [4.78, 5) is 0. The summed E-state index contributed by atoms with van der Waals surface area (Å²) in [6.45, 7) is 0. The van der Waals surface area contributed by atoms with Gasteiger partial charge in [-0.15, -0.1) is 0 Å². The Kier molecular flexibility index (Phi) is 1.58. The van der Waals surface area contributed by atoms with Gasteiger partial charge in [0.05, 0.1) is 11.7 Å². The molecular weight excluding hydrogens is 164 g/mol. The Balaban J connectivity index is 1.83. The Hall–Kier alpha value is -0.0800. The van der Waals surface area contributed by atoms with Crippen LogP contribution in [-0.4, -0.2) is 22.4 Å². The maximum absolute atomic E-state index is 10.5. The van der Waals surface area contributed by atoms with E-state index in [2.05, 4.69) is 0 Å². The molecule has 0 spiro atoms. The van der Waals surface area contributed by atoms with Crippen LogP contribution in [-0.2, 0) is 4.74 Å². The lowest BCUT2D eigenvalue weighted by atomic mass is 9.75. The highest BCUT2D eigenvalue weighted by Gasteiger charge is 2.68. The van der Waals surface area contributed by atoms with Gasteiger partial charge in [0.25, 0.3) is 0 Å². The summed E-state index contributed by atoms with van der Waals surface area (Å²) in [7, 11) is 0. The standard InChI is InChI=1S/C11H18O2/c12-10(6-3-4-7-10)11-8-2-1-5-9(11)13-11/h9,12H,1-8H2/t9-,11+/m1/s1. The van der Waals surface area contributed by atoms with Crippen molar-refractivity contribution in [3.8, 4) is 0 Å². The van der Waals surface area contributed by atoms with Gasteiger partial charge in [-0.05, 0) is 25.7 Å². The number of hydrogen-bond donors (Lipinski definition) is 1. The molecule has 0 radical (unpaired) electrons. The summed E-state index contributed by atoms with van der Waals surface area (Å²) in [5.74, 6) is 0. The van der Waals surface area contributed by atoms with Gasteiger partial charge in [-0.25, -0.2) is 0 Å². The van der Waals surface area contributed by atoms with Gasteiger partial charge in [-0.1, -0.05) is 25.7 Å². The summed E-state index contributed by atoms with van der Waals surface area (Å²) >= 11 is 0. The quantitative estimate of drug-likeness (QED) is 0.629. The van der Waals surface area contributed by atoms with E-state index < -0.39 is 5.60 Å². The maximum Gasteiger partial charge on any atom is 0.123 e. The molecule has 0 aromatic carbocycles. The van der Waals surface area contributed by atoms with Crippen molar-refractivity contribution in [2.75, 3.05) is 0 Å². The number of hydrogen-bond acceptors (Lipinski definition) is 2. The molecule has 2 heteroatoms. The molecule has 2 saturated carbocycles. The molecule has 3 rings (SSSR count). The van der Waals surface area contributed by atoms with Crippen molar-refractivity contribution in [3.63, 3.8) is 0 Å². The van der Waals surface area contributed by atoms with Crippen LogP contribution in [0.4, 0.5) is 0 Å². The van der Waals surface area contributed by atoms with Crippen LogP contribution in [0.2, 0.25) is 0 Å². The van der Waals surface area contributed by atoms with Gasteiger partial charge in [-0.2, -0.15) is 0 Å². The lowest BCUT2D eigenvalue weighted by Gasteiger charge is -2.32. The molecule has 3 aliphatic rings. The third kappa shape index (κ3) is 0.962. The van der Waals surface area contributed by atoms with E-state index in [4.69, 9.17) is 4.74 Å². The largest absolute Gasteiger partial charge is 0.387 e. The normalized spacial score (nSPS) is 47.3. The molecule has 1 N–H and O–H groups in total. The molecule has 2 nitrogen and oxygen atoms in total. The Morgan fingerprint density at radius 2 is 1.69 bits per heavy atom. The zero-order valence-corrected chi connectivity index (χ0v) is 8.09. The Morgan fingerprint density at radius 3 is 2.38 bits per heavy atom. The van der Waals surface area contributed by atoms with Crippen LogP contribution >= 0.6 is 0 Å². The summed E-state index contributed by atoms with van der Waals surface area (Å²) in [5, 5.41) is 10.5. The molecule has 0 aromatic rings. The smallest absolute Gasteiger partial charge is 0.123 e. The number of rotatable bonds is 1. The molecule has 1 saturated heterocycles. The van der Waals surface area contributed by atoms with Gasteiger partial charge in [0.1, 0.15) is 5.60 Å². The number of fused-ring (bicyclic) bond motifs is 1. The Bertz CT molecular complexity index is 220. The van der Waals surface area contributed by atoms with E-state index in [0.29, 0.717) is 6.10 Å². The highest BCUT2D eigenvalue weighted by Crippen LogP contribution is 2.58. The fourth-order valence-electron chi connectivity index (χ4n) is 3.47. The fourth-order valence-corrected chi connectivity index (χ4v) is 3.47. The second-order valence-electron chi connectivity index (χ2n) is 4.98. The van der Waals surface area contributed by atoms with E-state index >= 15 is 0 Å². The lowest BCUT2D eigenvalue weighted by Crippen LogP contribution is -2.45. The Labute approximate surface area is 79.3 Å². The Morgan fingerprint density at radius 1 is 1.00 bits per heavy atom. The van der Waals surface area contributed by atoms with Gasteiger partial charge in [0, 0.05) is 0 Å². The predicted octanol–water partition coefficient (Wildman–Crippen LogP) is 2.00. The van der Waals surface area contributed by atoms with Gasteiger partial charge in [-0.3, -0.25) is 0 Å². The minimum absolute atomic E-state index is 0.0816. The molecule has 3 fully saturated rings. The molecule has 0 aromatic heterocycles. The van der Waals surface area contributed by atoms with Crippen molar-refractivity contribution in [1.29, 1.82) is 0 Å². The highest BCUT2D eigenvalue weighted by atomic mass is 16.6. The molecule has 1 aliphatic heterocycles. The van der Waals surface area contributed by atoms with Crippen LogP contribution in [0.3, 0.4) is 0 Å². The molecule has 2 aliphatic carbocycles. The minimum Gasteiger partial charge on any atom is -0.387 e. The lowest BCUT2D eigenvalue weighted by molar-refractivity contribution is -0.0379. The van der Waals surface area contributed by atoms with Crippen molar-refractivity contribution in [2.24, 2.45) is 0 Å². The van der Waals surface area contributed by atoms with Crippen LogP contribution in [0.25, 0.3) is 0 Å². The van der Waals surface area contributed by atoms with Crippen molar-refractivity contribution in [3.05, 3.63) is 0 Å². The van der Waals surface area contributed by atoms with Gasteiger partial charge in [0.2, 0.25) is 0 Å². The van der Waals surface area contributed by atoms with Crippen molar-refractivity contribution >= 4 is 0 Å². The van der Waals surface area contributed by atoms with Crippen LogP contribution in [0.15, 0.2) is 0 Å². The van der Waals surface area contributed by atoms with Crippen molar-refractivity contribution in [2.45, 2.75) is 68.7 Å². The SMILES string of the molecule is OC1([C@]23CCCC[C@H]2O3)CCCC1.